The molecule has 222 valence electrons. The molecule has 5 heterocycles. The predicted molar refractivity (Wildman–Crippen MR) is 158 cm³/mol. The molecule has 1 N–H and O–H groups in total. The lowest BCUT2D eigenvalue weighted by Gasteiger charge is -2.41. The van der Waals surface area contributed by atoms with Crippen LogP contribution >= 0.6 is 35.3 Å². The summed E-state index contributed by atoms with van der Waals surface area (Å²) in [6.45, 7) is 3.80. The van der Waals surface area contributed by atoms with E-state index in [1.807, 2.05) is 7.05 Å². The number of benzene rings is 1. The van der Waals surface area contributed by atoms with Gasteiger partial charge in [-0.2, -0.15) is 4.31 Å². The lowest BCUT2D eigenvalue weighted by atomic mass is 10.1. The van der Waals surface area contributed by atoms with E-state index < -0.39 is 16.1 Å². The van der Waals surface area contributed by atoms with Crippen LogP contribution in [-0.2, 0) is 32.5 Å². The van der Waals surface area contributed by atoms with Crippen LogP contribution in [0.3, 0.4) is 0 Å². The SMILES string of the molecule is CN1CCc2nc(C(=O)N3CCN(S(=O)(=O)c4cc5cc(Cl)ccc5[nH]4)CC3CC(=O)N3CCOCC3)sc2C1.Cl. The Kier molecular flexibility index (Phi) is 8.95. The van der Waals surface area contributed by atoms with E-state index in [0.717, 1.165) is 30.1 Å². The first kappa shape index (κ1) is 30.2. The highest BCUT2D eigenvalue weighted by molar-refractivity contribution is 7.89. The molecule has 0 spiro atoms. The van der Waals surface area contributed by atoms with Gasteiger partial charge >= 0.3 is 0 Å². The van der Waals surface area contributed by atoms with E-state index in [1.54, 1.807) is 34.1 Å². The molecule has 11 nitrogen and oxygen atoms in total. The molecule has 0 radical (unpaired) electrons. The van der Waals surface area contributed by atoms with Gasteiger partial charge in [0.25, 0.3) is 15.9 Å². The van der Waals surface area contributed by atoms with Gasteiger partial charge in [0.15, 0.2) is 5.01 Å². The minimum Gasteiger partial charge on any atom is -0.378 e. The Morgan fingerprint density at radius 1 is 1.15 bits per heavy atom. The van der Waals surface area contributed by atoms with E-state index >= 15 is 0 Å². The molecular weight excluding hydrogens is 611 g/mol. The van der Waals surface area contributed by atoms with Gasteiger partial charge in [-0.05, 0) is 31.3 Å². The lowest BCUT2D eigenvalue weighted by molar-refractivity contribution is -0.136. The summed E-state index contributed by atoms with van der Waals surface area (Å²) in [5.74, 6) is -0.371. The maximum Gasteiger partial charge on any atom is 0.283 e. The molecule has 0 bridgehead atoms. The number of ether oxygens (including phenoxy) is 1. The van der Waals surface area contributed by atoms with Crippen LogP contribution in [0.1, 0.15) is 26.8 Å². The molecule has 1 unspecified atom stereocenters. The topological polar surface area (TPSA) is 119 Å². The number of nitrogens with one attached hydrogen (secondary N) is 1. The third kappa shape index (κ3) is 6.12. The van der Waals surface area contributed by atoms with Crippen molar-refractivity contribution in [2.45, 2.75) is 30.5 Å². The van der Waals surface area contributed by atoms with Crippen LogP contribution in [-0.4, -0.2) is 115 Å². The number of sulfonamides is 1. The average Bonchev–Trinajstić information content (AvgIpc) is 3.57. The Morgan fingerprint density at radius 3 is 2.71 bits per heavy atom. The van der Waals surface area contributed by atoms with Crippen molar-refractivity contribution in [3.05, 3.63) is 44.9 Å². The minimum atomic E-state index is -3.92. The van der Waals surface area contributed by atoms with E-state index in [0.29, 0.717) is 47.2 Å². The van der Waals surface area contributed by atoms with E-state index in [-0.39, 0.29) is 55.3 Å². The van der Waals surface area contributed by atoms with Crippen LogP contribution < -0.4 is 0 Å². The summed E-state index contributed by atoms with van der Waals surface area (Å²) in [4.78, 5) is 41.3. The van der Waals surface area contributed by atoms with Crippen LogP contribution in [0.15, 0.2) is 29.3 Å². The zero-order chi connectivity index (χ0) is 28.0. The minimum absolute atomic E-state index is 0. The second-order valence-corrected chi connectivity index (χ2v) is 13.9. The standard InChI is InChI=1S/C26H31ClN6O5S2.ClH/c1-30-5-4-21-22(16-30)39-25(29-21)26(35)33-7-6-32(15-19(33)14-24(34)31-8-10-38-11-9-31)40(36,37)23-13-17-12-18(27)2-3-20(17)28-23;/h2-3,12-13,19,28H,4-11,14-16H2,1H3;1H. The fraction of sp³-hybridized carbons (Fsp3) is 0.500. The van der Waals surface area contributed by atoms with Crippen molar-refractivity contribution >= 4 is 68.1 Å². The molecule has 1 aromatic carbocycles. The molecule has 2 amide bonds. The number of morpholine rings is 1. The Morgan fingerprint density at radius 2 is 1.93 bits per heavy atom. The van der Waals surface area contributed by atoms with Crippen LogP contribution in [0.2, 0.25) is 5.02 Å². The molecule has 2 aromatic heterocycles. The Bertz CT molecular complexity index is 1550. The molecule has 41 heavy (non-hydrogen) atoms. The van der Waals surface area contributed by atoms with E-state index in [1.165, 1.54) is 15.6 Å². The first-order valence-corrected chi connectivity index (χ1v) is 15.9. The zero-order valence-corrected chi connectivity index (χ0v) is 25.8. The molecular formula is C26H32Cl2N6O5S2. The maximum absolute atomic E-state index is 13.8. The van der Waals surface area contributed by atoms with Crippen molar-refractivity contribution in [1.29, 1.82) is 0 Å². The van der Waals surface area contributed by atoms with Gasteiger partial charge in [0.1, 0.15) is 5.03 Å². The quantitative estimate of drug-likeness (QED) is 0.454. The van der Waals surface area contributed by atoms with Crippen molar-refractivity contribution in [1.82, 2.24) is 29.0 Å². The number of fused-ring (bicyclic) bond motifs is 2. The summed E-state index contributed by atoms with van der Waals surface area (Å²) < 4.78 is 34.2. The molecule has 1 atom stereocenters. The molecule has 0 saturated carbocycles. The van der Waals surface area contributed by atoms with Crippen molar-refractivity contribution in [2.24, 2.45) is 0 Å². The number of nitrogens with zero attached hydrogens (tertiary/aromatic N) is 5. The molecule has 15 heteroatoms. The van der Waals surface area contributed by atoms with Crippen molar-refractivity contribution in [2.75, 3.05) is 59.5 Å². The van der Waals surface area contributed by atoms with Crippen molar-refractivity contribution in [3.63, 3.8) is 0 Å². The highest BCUT2D eigenvalue weighted by atomic mass is 35.5. The van der Waals surface area contributed by atoms with E-state index in [4.69, 9.17) is 16.3 Å². The Balaban J connectivity index is 0.00000337. The van der Waals surface area contributed by atoms with Crippen molar-refractivity contribution in [3.8, 4) is 0 Å². The number of likely N-dealkylation sites (N-methyl/N-ethyl adjacent to an activating group) is 1. The van der Waals surface area contributed by atoms with Gasteiger partial charge < -0.3 is 24.4 Å². The monoisotopic (exact) mass is 642 g/mol. The van der Waals surface area contributed by atoms with Gasteiger partial charge in [-0.3, -0.25) is 9.59 Å². The summed E-state index contributed by atoms with van der Waals surface area (Å²) in [6, 6.07) is 6.08. The van der Waals surface area contributed by atoms with Gasteiger partial charge in [-0.25, -0.2) is 13.4 Å². The van der Waals surface area contributed by atoms with Gasteiger partial charge in [-0.15, -0.1) is 23.7 Å². The first-order chi connectivity index (χ1) is 19.2. The summed E-state index contributed by atoms with van der Waals surface area (Å²) in [5, 5.41) is 1.66. The average molecular weight is 644 g/mol. The Hall–Kier alpha value is -2.26. The molecule has 2 fully saturated rings. The number of piperazine rings is 1. The number of H-pyrrole nitrogens is 1. The highest BCUT2D eigenvalue weighted by Gasteiger charge is 2.40. The number of carbonyl (C=O) groups excluding carboxylic acids is 2. The van der Waals surface area contributed by atoms with Gasteiger partial charge in [-0.1, -0.05) is 11.6 Å². The molecule has 3 aliphatic heterocycles. The number of hydrogen-bond donors (Lipinski definition) is 1. The Labute approximate surface area is 253 Å². The highest BCUT2D eigenvalue weighted by Crippen LogP contribution is 2.29. The second-order valence-electron chi connectivity index (χ2n) is 10.5. The zero-order valence-electron chi connectivity index (χ0n) is 22.5. The van der Waals surface area contributed by atoms with Crippen LogP contribution in [0, 0.1) is 0 Å². The van der Waals surface area contributed by atoms with E-state index in [9.17, 15) is 18.0 Å². The van der Waals surface area contributed by atoms with Crippen LogP contribution in [0.5, 0.6) is 0 Å². The summed E-state index contributed by atoms with van der Waals surface area (Å²) in [5.41, 5.74) is 1.61. The van der Waals surface area contributed by atoms with Gasteiger partial charge in [0.2, 0.25) is 5.91 Å². The fourth-order valence-electron chi connectivity index (χ4n) is 5.52. The number of halogens is 2. The number of rotatable bonds is 5. The van der Waals surface area contributed by atoms with Crippen molar-refractivity contribution < 1.29 is 22.7 Å². The fourth-order valence-corrected chi connectivity index (χ4v) is 8.33. The molecule has 3 aliphatic rings. The summed E-state index contributed by atoms with van der Waals surface area (Å²) in [7, 11) is -1.88. The predicted octanol–water partition coefficient (Wildman–Crippen LogP) is 2.45. The largest absolute Gasteiger partial charge is 0.378 e. The number of aromatic amines is 1. The molecule has 0 aliphatic carbocycles. The third-order valence-corrected chi connectivity index (χ3v) is 10.9. The molecule has 2 saturated heterocycles. The third-order valence-electron chi connectivity index (χ3n) is 7.76. The summed E-state index contributed by atoms with van der Waals surface area (Å²) in [6.07, 6.45) is 0.810. The molecule has 6 rings (SSSR count). The maximum atomic E-state index is 13.8. The number of thiazole rings is 1. The smallest absolute Gasteiger partial charge is 0.283 e. The summed E-state index contributed by atoms with van der Waals surface area (Å²) >= 11 is 7.49. The number of carbonyl (C=O) groups is 2. The van der Waals surface area contributed by atoms with Crippen LogP contribution in [0.4, 0.5) is 0 Å². The number of aromatic nitrogens is 2. The first-order valence-electron chi connectivity index (χ1n) is 13.3. The normalized spacial score (nSPS) is 20.6. The molecule has 3 aromatic rings. The van der Waals surface area contributed by atoms with Crippen LogP contribution in [0.25, 0.3) is 10.9 Å². The van der Waals surface area contributed by atoms with Gasteiger partial charge in [0, 0.05) is 79.5 Å². The van der Waals surface area contributed by atoms with Gasteiger partial charge in [0.05, 0.1) is 24.9 Å². The lowest BCUT2D eigenvalue weighted by Crippen LogP contribution is -2.58. The number of hydrogen-bond acceptors (Lipinski definition) is 8. The van der Waals surface area contributed by atoms with E-state index in [2.05, 4.69) is 14.9 Å². The number of amides is 2. The second kappa shape index (κ2) is 12.2.